The number of aryl methyl sites for hydroxylation is 1. The van der Waals surface area contributed by atoms with Gasteiger partial charge in [0.15, 0.2) is 0 Å². The number of carbonyl (C=O) groups excluding carboxylic acids is 1. The molecule has 0 aromatic carbocycles. The van der Waals surface area contributed by atoms with Crippen molar-refractivity contribution in [3.05, 3.63) is 47.0 Å². The molecule has 0 bridgehead atoms. The van der Waals surface area contributed by atoms with Gasteiger partial charge in [-0.05, 0) is 24.6 Å². The lowest BCUT2D eigenvalue weighted by atomic mass is 9.95. The molecule has 1 saturated heterocycles. The summed E-state index contributed by atoms with van der Waals surface area (Å²) in [5.41, 5.74) is 1.18. The van der Waals surface area contributed by atoms with Crippen molar-refractivity contribution in [3.8, 4) is 0 Å². The lowest BCUT2D eigenvalue weighted by molar-refractivity contribution is 0.0831. The van der Waals surface area contributed by atoms with Gasteiger partial charge in [0, 0.05) is 57.6 Å². The van der Waals surface area contributed by atoms with E-state index in [1.165, 1.54) is 16.9 Å². The maximum atomic E-state index is 12.8. The summed E-state index contributed by atoms with van der Waals surface area (Å²) in [6, 6.07) is 4.06. The van der Waals surface area contributed by atoms with Crippen molar-refractivity contribution < 1.29 is 4.79 Å². The van der Waals surface area contributed by atoms with E-state index in [9.17, 15) is 4.79 Å². The number of imidazole rings is 1. The largest absolute Gasteiger partial charge is 0.344 e. The van der Waals surface area contributed by atoms with Crippen molar-refractivity contribution in [3.63, 3.8) is 0 Å². The monoisotopic (exact) mass is 369 g/mol. The molecule has 0 saturated carbocycles. The third-order valence-corrected chi connectivity index (χ3v) is 6.19. The van der Waals surface area contributed by atoms with Crippen LogP contribution in [0.15, 0.2) is 30.7 Å². The number of aromatic nitrogens is 3. The van der Waals surface area contributed by atoms with E-state index in [-0.39, 0.29) is 5.91 Å². The molecule has 1 amide bonds. The van der Waals surface area contributed by atoms with Crippen LogP contribution in [-0.2, 0) is 13.6 Å². The molecule has 1 aliphatic rings. The van der Waals surface area contributed by atoms with Crippen LogP contribution in [0.2, 0.25) is 0 Å². The number of hydrogen-bond donors (Lipinski definition) is 0. The van der Waals surface area contributed by atoms with Crippen molar-refractivity contribution in [2.24, 2.45) is 7.05 Å². The molecule has 4 rings (SSSR count). The molecule has 1 fully saturated rings. The predicted molar refractivity (Wildman–Crippen MR) is 103 cm³/mol. The van der Waals surface area contributed by atoms with Crippen molar-refractivity contribution >= 4 is 27.5 Å². The molecule has 0 radical (unpaired) electrons. The Balaban J connectivity index is 1.65. The predicted octanol–water partition coefficient (Wildman–Crippen LogP) is 2.72. The number of likely N-dealkylation sites (tertiary alicyclic amines) is 1. The highest BCUT2D eigenvalue weighted by Crippen LogP contribution is 2.39. The third-order valence-electron chi connectivity index (χ3n) is 5.07. The summed E-state index contributed by atoms with van der Waals surface area (Å²) in [6.07, 6.45) is 6.68. The average molecular weight is 369 g/mol. The van der Waals surface area contributed by atoms with E-state index in [2.05, 4.69) is 25.5 Å². The molecular weight excluding hydrogens is 346 g/mol. The first-order valence-corrected chi connectivity index (χ1v) is 9.64. The molecule has 4 heterocycles. The van der Waals surface area contributed by atoms with Crippen LogP contribution in [0, 0.1) is 0 Å². The molecular formula is C19H23N5OS. The summed E-state index contributed by atoms with van der Waals surface area (Å²) in [7, 11) is 5.65. The van der Waals surface area contributed by atoms with E-state index in [0.717, 1.165) is 47.0 Å². The number of hydrogen-bond acceptors (Lipinski definition) is 5. The van der Waals surface area contributed by atoms with Crippen LogP contribution in [0.5, 0.6) is 0 Å². The Labute approximate surface area is 157 Å². The summed E-state index contributed by atoms with van der Waals surface area (Å²) < 4.78 is 2.07. The van der Waals surface area contributed by atoms with Gasteiger partial charge in [-0.25, -0.2) is 9.97 Å². The standard InChI is InChI=1S/C19H23N5OS/c1-22(2)19(25)17-16(14-5-4-7-21-18(14)26-17)13-6-9-24(11-13)12-15-20-8-10-23(15)3/h4-5,7-8,10,13H,6,9,11-12H2,1-3H3. The van der Waals surface area contributed by atoms with Crippen LogP contribution < -0.4 is 0 Å². The molecule has 3 aromatic heterocycles. The van der Waals surface area contributed by atoms with Gasteiger partial charge >= 0.3 is 0 Å². The lowest BCUT2D eigenvalue weighted by Gasteiger charge is -2.17. The lowest BCUT2D eigenvalue weighted by Crippen LogP contribution is -2.24. The molecule has 1 unspecified atom stereocenters. The molecule has 7 heteroatoms. The van der Waals surface area contributed by atoms with Gasteiger partial charge in [0.1, 0.15) is 10.7 Å². The van der Waals surface area contributed by atoms with E-state index < -0.39 is 0 Å². The van der Waals surface area contributed by atoms with Crippen LogP contribution in [0.25, 0.3) is 10.2 Å². The maximum Gasteiger partial charge on any atom is 0.263 e. The average Bonchev–Trinajstić information content (AvgIpc) is 3.33. The van der Waals surface area contributed by atoms with Gasteiger partial charge in [0.2, 0.25) is 0 Å². The molecule has 0 N–H and O–H groups in total. The first-order valence-electron chi connectivity index (χ1n) is 8.82. The second kappa shape index (κ2) is 6.81. The van der Waals surface area contributed by atoms with E-state index in [4.69, 9.17) is 0 Å². The minimum Gasteiger partial charge on any atom is -0.344 e. The Morgan fingerprint density at radius 3 is 2.92 bits per heavy atom. The number of carbonyl (C=O) groups is 1. The number of fused-ring (bicyclic) bond motifs is 1. The Bertz CT molecular complexity index is 944. The van der Waals surface area contributed by atoms with Gasteiger partial charge in [-0.3, -0.25) is 9.69 Å². The smallest absolute Gasteiger partial charge is 0.263 e. The SMILES string of the molecule is CN(C)C(=O)c1sc2ncccc2c1C1CCN(Cc2nccn2C)C1. The quantitative estimate of drug-likeness (QED) is 0.710. The fraction of sp³-hybridized carbons (Fsp3) is 0.421. The summed E-state index contributed by atoms with van der Waals surface area (Å²) in [5.74, 6) is 1.50. The summed E-state index contributed by atoms with van der Waals surface area (Å²) in [6.45, 7) is 2.81. The van der Waals surface area contributed by atoms with Gasteiger partial charge in [0.05, 0.1) is 11.4 Å². The van der Waals surface area contributed by atoms with Crippen molar-refractivity contribution in [2.45, 2.75) is 18.9 Å². The Kier molecular flexibility index (Phi) is 4.50. The van der Waals surface area contributed by atoms with Crippen molar-refractivity contribution in [1.82, 2.24) is 24.3 Å². The number of rotatable bonds is 4. The molecule has 1 atom stereocenters. The zero-order valence-corrected chi connectivity index (χ0v) is 16.2. The highest BCUT2D eigenvalue weighted by Gasteiger charge is 2.31. The Morgan fingerprint density at radius 2 is 2.19 bits per heavy atom. The van der Waals surface area contributed by atoms with Crippen molar-refractivity contribution in [1.29, 1.82) is 0 Å². The molecule has 1 aliphatic heterocycles. The van der Waals surface area contributed by atoms with E-state index in [0.29, 0.717) is 5.92 Å². The molecule has 0 aliphatic carbocycles. The van der Waals surface area contributed by atoms with Gasteiger partial charge in [-0.15, -0.1) is 11.3 Å². The van der Waals surface area contributed by atoms with E-state index in [1.807, 2.05) is 39.6 Å². The van der Waals surface area contributed by atoms with Crippen molar-refractivity contribution in [2.75, 3.05) is 27.2 Å². The van der Waals surface area contributed by atoms with Gasteiger partial charge in [-0.2, -0.15) is 0 Å². The van der Waals surface area contributed by atoms with Crippen LogP contribution in [0.4, 0.5) is 0 Å². The van der Waals surface area contributed by atoms with Crippen LogP contribution in [-0.4, -0.2) is 57.4 Å². The molecule has 136 valence electrons. The van der Waals surface area contributed by atoms with Gasteiger partial charge in [-0.1, -0.05) is 6.07 Å². The molecule has 26 heavy (non-hydrogen) atoms. The summed E-state index contributed by atoms with van der Waals surface area (Å²) in [5, 5.41) is 1.13. The Morgan fingerprint density at radius 1 is 1.35 bits per heavy atom. The number of thiophene rings is 1. The second-order valence-corrected chi connectivity index (χ2v) is 8.07. The summed E-state index contributed by atoms with van der Waals surface area (Å²) in [4.78, 5) is 27.6. The zero-order valence-electron chi connectivity index (χ0n) is 15.3. The van der Waals surface area contributed by atoms with E-state index in [1.54, 1.807) is 11.1 Å². The highest BCUT2D eigenvalue weighted by molar-refractivity contribution is 7.20. The number of amides is 1. The minimum absolute atomic E-state index is 0.0746. The fourth-order valence-electron chi connectivity index (χ4n) is 3.68. The number of nitrogens with zero attached hydrogens (tertiary/aromatic N) is 5. The van der Waals surface area contributed by atoms with Crippen LogP contribution in [0.1, 0.15) is 33.4 Å². The topological polar surface area (TPSA) is 54.3 Å². The summed E-state index contributed by atoms with van der Waals surface area (Å²) >= 11 is 1.52. The second-order valence-electron chi connectivity index (χ2n) is 7.08. The molecule has 6 nitrogen and oxygen atoms in total. The minimum atomic E-state index is 0.0746. The Hall–Kier alpha value is -2.25. The van der Waals surface area contributed by atoms with Crippen LogP contribution in [0.3, 0.4) is 0 Å². The zero-order chi connectivity index (χ0) is 18.3. The highest BCUT2D eigenvalue weighted by atomic mass is 32.1. The van der Waals surface area contributed by atoms with Gasteiger partial charge < -0.3 is 9.47 Å². The molecule has 0 spiro atoms. The first-order chi connectivity index (χ1) is 12.5. The maximum absolute atomic E-state index is 12.8. The molecule has 3 aromatic rings. The third kappa shape index (κ3) is 3.01. The first kappa shape index (κ1) is 17.2. The van der Waals surface area contributed by atoms with Crippen LogP contribution >= 0.6 is 11.3 Å². The number of pyridine rings is 1. The normalized spacial score (nSPS) is 17.9. The fourth-order valence-corrected chi connectivity index (χ4v) is 4.93. The van der Waals surface area contributed by atoms with E-state index >= 15 is 0 Å². The van der Waals surface area contributed by atoms with Gasteiger partial charge in [0.25, 0.3) is 5.91 Å².